The van der Waals surface area contributed by atoms with Crippen LogP contribution < -0.4 is 0 Å². The highest BCUT2D eigenvalue weighted by atomic mass is 32.2. The number of hydrogen-bond acceptors (Lipinski definition) is 4. The lowest BCUT2D eigenvalue weighted by molar-refractivity contribution is 0.412. The average Bonchev–Trinajstić information content (AvgIpc) is 2.82. The first-order valence-electron chi connectivity index (χ1n) is 8.35. The predicted molar refractivity (Wildman–Crippen MR) is 94.9 cm³/mol. The Morgan fingerprint density at radius 1 is 1.04 bits per heavy atom. The van der Waals surface area contributed by atoms with Gasteiger partial charge in [0, 0.05) is 18.7 Å². The highest BCUT2D eigenvalue weighted by molar-refractivity contribution is 7.88. The van der Waals surface area contributed by atoms with Gasteiger partial charge in [0.25, 0.3) is 0 Å². The molecule has 0 spiro atoms. The van der Waals surface area contributed by atoms with Crippen molar-refractivity contribution in [3.8, 4) is 11.3 Å². The smallest absolute Gasteiger partial charge is 0.211 e. The van der Waals surface area contributed by atoms with E-state index in [9.17, 15) is 8.42 Å². The molecule has 5 nitrogen and oxygen atoms in total. The minimum absolute atomic E-state index is 0.466. The van der Waals surface area contributed by atoms with Crippen molar-refractivity contribution < 1.29 is 8.42 Å². The molecule has 0 unspecified atom stereocenters. The van der Waals surface area contributed by atoms with Crippen LogP contribution in [0.1, 0.15) is 25.0 Å². The van der Waals surface area contributed by atoms with E-state index in [2.05, 4.69) is 10.2 Å². The van der Waals surface area contributed by atoms with Crippen molar-refractivity contribution in [3.63, 3.8) is 0 Å². The average molecular weight is 345 g/mol. The Balaban J connectivity index is 1.62. The quantitative estimate of drug-likeness (QED) is 0.855. The summed E-state index contributed by atoms with van der Waals surface area (Å²) in [5.41, 5.74) is 2.92. The Bertz CT molecular complexity index is 761. The molecule has 1 fully saturated rings. The fourth-order valence-electron chi connectivity index (χ4n) is 3.20. The van der Waals surface area contributed by atoms with Crippen LogP contribution in [0.25, 0.3) is 11.3 Å². The van der Waals surface area contributed by atoms with Crippen LogP contribution in [0.4, 0.5) is 0 Å². The van der Waals surface area contributed by atoms with Crippen LogP contribution in [-0.4, -0.2) is 42.3 Å². The molecule has 0 radical (unpaired) electrons. The van der Waals surface area contributed by atoms with Gasteiger partial charge >= 0.3 is 0 Å². The molecule has 3 rings (SSSR count). The third-order valence-electron chi connectivity index (χ3n) is 4.56. The molecule has 1 aliphatic rings. The predicted octanol–water partition coefficient (Wildman–Crippen LogP) is 2.75. The molecule has 1 aliphatic heterocycles. The van der Waals surface area contributed by atoms with Gasteiger partial charge in [0.15, 0.2) is 0 Å². The molecule has 1 aromatic carbocycles. The first kappa shape index (κ1) is 17.0. The van der Waals surface area contributed by atoms with Gasteiger partial charge in [0.2, 0.25) is 10.0 Å². The molecule has 24 heavy (non-hydrogen) atoms. The van der Waals surface area contributed by atoms with Gasteiger partial charge in [-0.3, -0.25) is 0 Å². The Labute approximate surface area is 143 Å². The van der Waals surface area contributed by atoms with Gasteiger partial charge in [-0.2, -0.15) is 10.2 Å². The molecule has 1 atom stereocenters. The third kappa shape index (κ3) is 4.39. The van der Waals surface area contributed by atoms with Crippen molar-refractivity contribution in [3.05, 3.63) is 48.2 Å². The zero-order valence-electron chi connectivity index (χ0n) is 13.9. The molecule has 6 heteroatoms. The van der Waals surface area contributed by atoms with Crippen LogP contribution in [0.5, 0.6) is 0 Å². The summed E-state index contributed by atoms with van der Waals surface area (Å²) in [6, 6.07) is 14.1. The van der Waals surface area contributed by atoms with Crippen LogP contribution in [0, 0.1) is 5.92 Å². The van der Waals surface area contributed by atoms with Crippen molar-refractivity contribution in [1.82, 2.24) is 14.5 Å². The van der Waals surface area contributed by atoms with E-state index in [0.717, 1.165) is 42.6 Å². The highest BCUT2D eigenvalue weighted by Crippen LogP contribution is 2.23. The zero-order chi connectivity index (χ0) is 17.0. The van der Waals surface area contributed by atoms with Crippen LogP contribution in [-0.2, 0) is 16.4 Å². The molecule has 2 aromatic rings. The Morgan fingerprint density at radius 3 is 2.50 bits per heavy atom. The maximum atomic E-state index is 11.7. The molecule has 0 N–H and O–H groups in total. The lowest BCUT2D eigenvalue weighted by atomic mass is 9.95. The van der Waals surface area contributed by atoms with Crippen LogP contribution >= 0.6 is 0 Å². The molecule has 128 valence electrons. The second-order valence-electron chi connectivity index (χ2n) is 6.44. The molecule has 0 aliphatic carbocycles. The second kappa shape index (κ2) is 7.40. The summed E-state index contributed by atoms with van der Waals surface area (Å²) in [4.78, 5) is 0. The van der Waals surface area contributed by atoms with Gasteiger partial charge in [-0.1, -0.05) is 30.3 Å². The largest absolute Gasteiger partial charge is 0.213 e. The number of hydrogen-bond donors (Lipinski definition) is 0. The lowest BCUT2D eigenvalue weighted by Crippen LogP contribution is -2.30. The van der Waals surface area contributed by atoms with E-state index in [1.807, 2.05) is 42.5 Å². The minimum Gasteiger partial charge on any atom is -0.213 e. The number of sulfonamides is 1. The Morgan fingerprint density at radius 2 is 1.83 bits per heavy atom. The van der Waals surface area contributed by atoms with E-state index >= 15 is 0 Å². The van der Waals surface area contributed by atoms with E-state index in [4.69, 9.17) is 0 Å². The minimum atomic E-state index is -3.08. The molecule has 1 aromatic heterocycles. The summed E-state index contributed by atoms with van der Waals surface area (Å²) in [6.45, 7) is 1.24. The lowest BCUT2D eigenvalue weighted by Gasteiger charge is -2.17. The maximum Gasteiger partial charge on any atom is 0.211 e. The standard InChI is InChI=1S/C18H23N3O2S/c1-24(22,23)21-12-5-6-15(11-13-21)14-17-9-10-18(20-19-17)16-7-3-2-4-8-16/h2-4,7-10,15H,5-6,11-14H2,1H3/t15-/m1/s1. The van der Waals surface area contributed by atoms with Gasteiger partial charge in [0.1, 0.15) is 0 Å². The van der Waals surface area contributed by atoms with E-state index in [1.54, 1.807) is 4.31 Å². The molecular formula is C18H23N3O2S. The summed E-state index contributed by atoms with van der Waals surface area (Å²) in [7, 11) is -3.08. The third-order valence-corrected chi connectivity index (χ3v) is 5.87. The molecule has 0 bridgehead atoms. The molecular weight excluding hydrogens is 322 g/mol. The van der Waals surface area contributed by atoms with Gasteiger partial charge < -0.3 is 0 Å². The van der Waals surface area contributed by atoms with Crippen molar-refractivity contribution >= 4 is 10.0 Å². The fourth-order valence-corrected chi connectivity index (χ4v) is 4.10. The number of nitrogens with zero attached hydrogens (tertiary/aromatic N) is 3. The van der Waals surface area contributed by atoms with Crippen molar-refractivity contribution in [1.29, 1.82) is 0 Å². The molecule has 0 saturated carbocycles. The van der Waals surface area contributed by atoms with Crippen molar-refractivity contribution in [2.75, 3.05) is 19.3 Å². The van der Waals surface area contributed by atoms with E-state index in [-0.39, 0.29) is 0 Å². The second-order valence-corrected chi connectivity index (χ2v) is 8.42. The van der Waals surface area contributed by atoms with Gasteiger partial charge in [0.05, 0.1) is 17.6 Å². The first-order valence-corrected chi connectivity index (χ1v) is 10.2. The van der Waals surface area contributed by atoms with Crippen LogP contribution in [0.3, 0.4) is 0 Å². The first-order chi connectivity index (χ1) is 11.5. The number of rotatable bonds is 4. The maximum absolute atomic E-state index is 11.7. The van der Waals surface area contributed by atoms with Crippen molar-refractivity contribution in [2.45, 2.75) is 25.7 Å². The van der Waals surface area contributed by atoms with E-state index in [1.165, 1.54) is 6.26 Å². The van der Waals surface area contributed by atoms with Gasteiger partial charge in [-0.15, -0.1) is 0 Å². The summed E-state index contributed by atoms with van der Waals surface area (Å²) in [6.07, 6.45) is 4.98. The molecule has 0 amide bonds. The van der Waals surface area contributed by atoms with E-state index in [0.29, 0.717) is 19.0 Å². The zero-order valence-corrected chi connectivity index (χ0v) is 14.7. The van der Waals surface area contributed by atoms with Crippen LogP contribution in [0.2, 0.25) is 0 Å². The fraction of sp³-hybridized carbons (Fsp3) is 0.444. The monoisotopic (exact) mass is 345 g/mol. The normalized spacial score (nSPS) is 19.8. The number of aromatic nitrogens is 2. The summed E-state index contributed by atoms with van der Waals surface area (Å²) in [5.74, 6) is 0.466. The van der Waals surface area contributed by atoms with Crippen molar-refractivity contribution in [2.24, 2.45) is 5.92 Å². The van der Waals surface area contributed by atoms with Crippen LogP contribution in [0.15, 0.2) is 42.5 Å². The molecule has 1 saturated heterocycles. The highest BCUT2D eigenvalue weighted by Gasteiger charge is 2.23. The molecule has 2 heterocycles. The Hall–Kier alpha value is -1.79. The van der Waals surface area contributed by atoms with E-state index < -0.39 is 10.0 Å². The summed E-state index contributed by atoms with van der Waals surface area (Å²) in [5, 5.41) is 8.70. The summed E-state index contributed by atoms with van der Waals surface area (Å²) >= 11 is 0. The van der Waals surface area contributed by atoms with Gasteiger partial charge in [-0.05, 0) is 43.7 Å². The SMILES string of the molecule is CS(=O)(=O)N1CCC[C@@H](Cc2ccc(-c3ccccc3)nn2)CC1. The van der Waals surface area contributed by atoms with Gasteiger partial charge in [-0.25, -0.2) is 12.7 Å². The topological polar surface area (TPSA) is 63.2 Å². The number of benzene rings is 1. The summed E-state index contributed by atoms with van der Waals surface area (Å²) < 4.78 is 25.0. The Kier molecular flexibility index (Phi) is 5.26.